The Labute approximate surface area is 123 Å². The molecule has 1 saturated carbocycles. The van der Waals surface area contributed by atoms with Gasteiger partial charge < -0.3 is 10.4 Å². The van der Waals surface area contributed by atoms with Crippen LogP contribution in [0.3, 0.4) is 0 Å². The van der Waals surface area contributed by atoms with E-state index in [2.05, 4.69) is 31.3 Å². The molecule has 0 aromatic heterocycles. The summed E-state index contributed by atoms with van der Waals surface area (Å²) in [7, 11) is 0. The van der Waals surface area contributed by atoms with E-state index in [1.54, 1.807) is 0 Å². The normalized spacial score (nSPS) is 25.4. The number of rotatable bonds is 5. The lowest BCUT2D eigenvalue weighted by Crippen LogP contribution is -2.34. The molecule has 112 valence electrons. The van der Waals surface area contributed by atoms with Gasteiger partial charge >= 0.3 is 0 Å². The highest BCUT2D eigenvalue weighted by Gasteiger charge is 2.23. The highest BCUT2D eigenvalue weighted by atomic mass is 16.3. The van der Waals surface area contributed by atoms with Gasteiger partial charge in [-0.1, -0.05) is 57.0 Å². The monoisotopic (exact) mass is 275 g/mol. The molecule has 0 heterocycles. The smallest absolute Gasteiger partial charge is 0.0626 e. The molecular formula is C18H29NO. The fraction of sp³-hybridized carbons (Fsp3) is 0.667. The Hall–Kier alpha value is -0.860. The number of nitrogens with one attached hydrogen (secondary N) is 1. The molecule has 1 aromatic carbocycles. The minimum Gasteiger partial charge on any atom is -0.394 e. The van der Waals surface area contributed by atoms with Gasteiger partial charge in [-0.15, -0.1) is 0 Å². The predicted molar refractivity (Wildman–Crippen MR) is 84.6 cm³/mol. The molecule has 2 nitrogen and oxygen atoms in total. The fourth-order valence-electron chi connectivity index (χ4n) is 3.39. The molecule has 0 spiro atoms. The maximum Gasteiger partial charge on any atom is 0.0626 e. The zero-order valence-corrected chi connectivity index (χ0v) is 12.9. The van der Waals surface area contributed by atoms with Crippen LogP contribution < -0.4 is 5.32 Å². The summed E-state index contributed by atoms with van der Waals surface area (Å²) in [5, 5.41) is 13.3. The Morgan fingerprint density at radius 1 is 1.10 bits per heavy atom. The van der Waals surface area contributed by atoms with E-state index in [1.807, 2.05) is 18.2 Å². The molecule has 3 atom stereocenters. The topological polar surface area (TPSA) is 32.3 Å². The minimum atomic E-state index is 0.0804. The van der Waals surface area contributed by atoms with E-state index < -0.39 is 0 Å². The molecule has 0 aliphatic heterocycles. The van der Waals surface area contributed by atoms with E-state index in [0.717, 1.165) is 11.8 Å². The summed E-state index contributed by atoms with van der Waals surface area (Å²) >= 11 is 0. The Morgan fingerprint density at radius 2 is 1.85 bits per heavy atom. The van der Waals surface area contributed by atoms with Crippen LogP contribution in [-0.2, 0) is 0 Å². The first kappa shape index (κ1) is 15.5. The van der Waals surface area contributed by atoms with Crippen molar-refractivity contribution in [1.82, 2.24) is 5.32 Å². The van der Waals surface area contributed by atoms with Gasteiger partial charge in [-0.05, 0) is 36.7 Å². The van der Waals surface area contributed by atoms with Crippen LogP contribution in [0, 0.1) is 11.8 Å². The molecule has 20 heavy (non-hydrogen) atoms. The van der Waals surface area contributed by atoms with Gasteiger partial charge in [0.25, 0.3) is 0 Å². The predicted octanol–water partition coefficient (Wildman–Crippen LogP) is 3.91. The summed E-state index contributed by atoms with van der Waals surface area (Å²) in [5.74, 6) is 1.68. The zero-order chi connectivity index (χ0) is 14.4. The summed E-state index contributed by atoms with van der Waals surface area (Å²) in [6.45, 7) is 4.87. The van der Waals surface area contributed by atoms with E-state index >= 15 is 0 Å². The van der Waals surface area contributed by atoms with Crippen molar-refractivity contribution >= 4 is 0 Å². The third-order valence-corrected chi connectivity index (χ3v) is 4.78. The Bertz CT molecular complexity index is 376. The molecule has 2 N–H and O–H groups in total. The minimum absolute atomic E-state index is 0.0804. The Balaban J connectivity index is 1.91. The lowest BCUT2D eigenvalue weighted by atomic mass is 9.89. The van der Waals surface area contributed by atoms with Gasteiger partial charge in [0.1, 0.15) is 0 Å². The number of hydrogen-bond acceptors (Lipinski definition) is 2. The van der Waals surface area contributed by atoms with Gasteiger partial charge in [-0.3, -0.25) is 0 Å². The lowest BCUT2D eigenvalue weighted by Gasteiger charge is -2.24. The molecular weight excluding hydrogens is 246 g/mol. The maximum atomic E-state index is 9.66. The molecule has 1 fully saturated rings. The first-order valence-electron chi connectivity index (χ1n) is 8.12. The van der Waals surface area contributed by atoms with Crippen LogP contribution in [0.25, 0.3) is 0 Å². The average molecular weight is 275 g/mol. The third kappa shape index (κ3) is 4.32. The first-order chi connectivity index (χ1) is 9.70. The van der Waals surface area contributed by atoms with E-state index in [0.29, 0.717) is 6.04 Å². The summed E-state index contributed by atoms with van der Waals surface area (Å²) in [5.41, 5.74) is 1.19. The van der Waals surface area contributed by atoms with Crippen molar-refractivity contribution in [3.8, 4) is 0 Å². The van der Waals surface area contributed by atoms with Crippen LogP contribution in [-0.4, -0.2) is 17.8 Å². The van der Waals surface area contributed by atoms with Crippen molar-refractivity contribution in [1.29, 1.82) is 0 Å². The van der Waals surface area contributed by atoms with Gasteiger partial charge in [-0.25, -0.2) is 0 Å². The second-order valence-electron chi connectivity index (χ2n) is 6.52. The number of benzene rings is 1. The van der Waals surface area contributed by atoms with Gasteiger partial charge in [0.05, 0.1) is 12.6 Å². The quantitative estimate of drug-likeness (QED) is 0.798. The Morgan fingerprint density at radius 3 is 2.50 bits per heavy atom. The SMILES string of the molecule is CC(C)C1CCCC(N[C@@H](CO)c2ccccc2)CC1. The van der Waals surface area contributed by atoms with Crippen LogP contribution in [0.4, 0.5) is 0 Å². The number of aliphatic hydroxyl groups is 1. The van der Waals surface area contributed by atoms with Crippen LogP contribution in [0.1, 0.15) is 57.6 Å². The fourth-order valence-corrected chi connectivity index (χ4v) is 3.39. The van der Waals surface area contributed by atoms with Gasteiger partial charge in [-0.2, -0.15) is 0 Å². The Kier molecular flexibility index (Phi) is 6.06. The number of aliphatic hydroxyl groups excluding tert-OH is 1. The summed E-state index contributed by atoms with van der Waals surface area (Å²) in [6, 6.07) is 10.9. The third-order valence-electron chi connectivity index (χ3n) is 4.78. The molecule has 2 heteroatoms. The molecule has 1 aromatic rings. The highest BCUT2D eigenvalue weighted by Crippen LogP contribution is 2.29. The van der Waals surface area contributed by atoms with Crippen molar-refractivity contribution in [2.45, 2.75) is 58.0 Å². The van der Waals surface area contributed by atoms with E-state index in [4.69, 9.17) is 0 Å². The molecule has 2 rings (SSSR count). The standard InChI is InChI=1S/C18H29NO/c1-14(2)15-9-6-10-17(12-11-15)19-18(13-20)16-7-4-3-5-8-16/h3-5,7-8,14-15,17-20H,6,9-13H2,1-2H3/t15?,17?,18-/m0/s1. The summed E-state index contributed by atoms with van der Waals surface area (Å²) in [6.07, 6.45) is 6.49. The van der Waals surface area contributed by atoms with Crippen molar-refractivity contribution in [3.63, 3.8) is 0 Å². The molecule has 0 radical (unpaired) electrons. The molecule has 0 bridgehead atoms. The second-order valence-corrected chi connectivity index (χ2v) is 6.52. The van der Waals surface area contributed by atoms with Crippen LogP contribution in [0.5, 0.6) is 0 Å². The van der Waals surface area contributed by atoms with Crippen LogP contribution >= 0.6 is 0 Å². The van der Waals surface area contributed by atoms with E-state index in [1.165, 1.54) is 37.7 Å². The average Bonchev–Trinajstić information content (AvgIpc) is 2.71. The van der Waals surface area contributed by atoms with Crippen molar-refractivity contribution in [2.75, 3.05) is 6.61 Å². The van der Waals surface area contributed by atoms with Gasteiger partial charge in [0, 0.05) is 6.04 Å². The lowest BCUT2D eigenvalue weighted by molar-refractivity contribution is 0.227. The largest absolute Gasteiger partial charge is 0.394 e. The highest BCUT2D eigenvalue weighted by molar-refractivity contribution is 5.19. The second kappa shape index (κ2) is 7.80. The van der Waals surface area contributed by atoms with Crippen LogP contribution in [0.2, 0.25) is 0 Å². The van der Waals surface area contributed by atoms with Crippen LogP contribution in [0.15, 0.2) is 30.3 Å². The van der Waals surface area contributed by atoms with Crippen molar-refractivity contribution < 1.29 is 5.11 Å². The van der Waals surface area contributed by atoms with Gasteiger partial charge in [0.15, 0.2) is 0 Å². The maximum absolute atomic E-state index is 9.66. The van der Waals surface area contributed by atoms with E-state index in [9.17, 15) is 5.11 Å². The zero-order valence-electron chi connectivity index (χ0n) is 12.9. The molecule has 1 aliphatic carbocycles. The first-order valence-corrected chi connectivity index (χ1v) is 8.12. The molecule has 0 saturated heterocycles. The molecule has 1 aliphatic rings. The number of hydrogen-bond donors (Lipinski definition) is 2. The van der Waals surface area contributed by atoms with Gasteiger partial charge in [0.2, 0.25) is 0 Å². The molecule has 2 unspecified atom stereocenters. The van der Waals surface area contributed by atoms with E-state index in [-0.39, 0.29) is 12.6 Å². The van der Waals surface area contributed by atoms with Crippen molar-refractivity contribution in [3.05, 3.63) is 35.9 Å². The summed E-state index contributed by atoms with van der Waals surface area (Å²) in [4.78, 5) is 0. The molecule has 0 amide bonds. The van der Waals surface area contributed by atoms with Crippen molar-refractivity contribution in [2.24, 2.45) is 11.8 Å². The summed E-state index contributed by atoms with van der Waals surface area (Å²) < 4.78 is 0.